The topological polar surface area (TPSA) is 30.9 Å². The van der Waals surface area contributed by atoms with E-state index in [0.717, 1.165) is 49.5 Å². The molecule has 1 aliphatic heterocycles. The molecule has 0 radical (unpaired) electrons. The number of hydrogen-bond donors (Lipinski definition) is 0. The predicted octanol–water partition coefficient (Wildman–Crippen LogP) is 3.85. The highest BCUT2D eigenvalue weighted by Crippen LogP contribution is 2.20. The highest BCUT2D eigenvalue weighted by molar-refractivity contribution is 5.31. The summed E-state index contributed by atoms with van der Waals surface area (Å²) in [6.45, 7) is 13.0. The lowest BCUT2D eigenvalue weighted by atomic mass is 9.92. The van der Waals surface area contributed by atoms with Crippen LogP contribution in [0.15, 0.2) is 24.3 Å². The number of rotatable bonds is 10. The summed E-state index contributed by atoms with van der Waals surface area (Å²) in [7, 11) is 0. The maximum atomic E-state index is 5.71. The molecule has 0 bridgehead atoms. The van der Waals surface area contributed by atoms with E-state index in [4.69, 9.17) is 14.2 Å². The van der Waals surface area contributed by atoms with Crippen LogP contribution in [0.4, 0.5) is 0 Å². The highest BCUT2D eigenvalue weighted by Gasteiger charge is 2.21. The predicted molar refractivity (Wildman–Crippen MR) is 97.9 cm³/mol. The van der Waals surface area contributed by atoms with E-state index < -0.39 is 0 Å². The molecule has 2 atom stereocenters. The molecule has 0 amide bonds. The fraction of sp³-hybridized carbons (Fsp3) is 0.700. The molecular formula is C20H33NO3. The second-order valence-corrected chi connectivity index (χ2v) is 6.99. The second-order valence-electron chi connectivity index (χ2n) is 6.99. The van der Waals surface area contributed by atoms with Crippen LogP contribution in [0.1, 0.15) is 33.6 Å². The summed E-state index contributed by atoms with van der Waals surface area (Å²) in [5.74, 6) is 3.37. The zero-order valence-electron chi connectivity index (χ0n) is 15.5. The van der Waals surface area contributed by atoms with Crippen molar-refractivity contribution in [2.45, 2.75) is 33.6 Å². The van der Waals surface area contributed by atoms with E-state index in [1.807, 2.05) is 24.3 Å². The van der Waals surface area contributed by atoms with Gasteiger partial charge in [0, 0.05) is 19.6 Å². The van der Waals surface area contributed by atoms with E-state index >= 15 is 0 Å². The molecule has 2 unspecified atom stereocenters. The summed E-state index contributed by atoms with van der Waals surface area (Å²) >= 11 is 0. The van der Waals surface area contributed by atoms with Crippen LogP contribution in [-0.2, 0) is 4.74 Å². The van der Waals surface area contributed by atoms with Gasteiger partial charge in [-0.1, -0.05) is 20.8 Å². The van der Waals surface area contributed by atoms with Gasteiger partial charge in [0.05, 0.1) is 19.8 Å². The van der Waals surface area contributed by atoms with E-state index in [2.05, 4.69) is 25.7 Å². The summed E-state index contributed by atoms with van der Waals surface area (Å²) in [5, 5.41) is 0. The third-order valence-corrected chi connectivity index (χ3v) is 4.29. The number of hydrogen-bond acceptors (Lipinski definition) is 4. The molecule has 4 heteroatoms. The van der Waals surface area contributed by atoms with Crippen molar-refractivity contribution in [3.63, 3.8) is 0 Å². The van der Waals surface area contributed by atoms with E-state index in [0.29, 0.717) is 13.2 Å². The number of piperidine rings is 1. The number of likely N-dealkylation sites (tertiary alicyclic amines) is 1. The molecule has 1 aromatic rings. The molecule has 2 rings (SSSR count). The Morgan fingerprint density at radius 3 is 2.04 bits per heavy atom. The Hall–Kier alpha value is -1.26. The Morgan fingerprint density at radius 2 is 1.46 bits per heavy atom. The van der Waals surface area contributed by atoms with Crippen LogP contribution >= 0.6 is 0 Å². The maximum absolute atomic E-state index is 5.71. The van der Waals surface area contributed by atoms with Gasteiger partial charge >= 0.3 is 0 Å². The smallest absolute Gasteiger partial charge is 0.119 e. The molecule has 0 aliphatic carbocycles. The molecule has 0 spiro atoms. The maximum Gasteiger partial charge on any atom is 0.119 e. The van der Waals surface area contributed by atoms with Crippen LogP contribution in [0.3, 0.4) is 0 Å². The van der Waals surface area contributed by atoms with Crippen molar-refractivity contribution in [3.05, 3.63) is 24.3 Å². The number of ether oxygens (including phenoxy) is 3. The molecule has 24 heavy (non-hydrogen) atoms. The first-order valence-electron chi connectivity index (χ1n) is 9.33. The first-order chi connectivity index (χ1) is 11.7. The Labute approximate surface area is 147 Å². The molecule has 1 aliphatic rings. The molecule has 0 saturated carbocycles. The summed E-state index contributed by atoms with van der Waals surface area (Å²) in [4.78, 5) is 2.52. The van der Waals surface area contributed by atoms with Gasteiger partial charge in [0.15, 0.2) is 0 Å². The van der Waals surface area contributed by atoms with E-state index in [1.165, 1.54) is 19.5 Å². The zero-order chi connectivity index (χ0) is 17.2. The Morgan fingerprint density at radius 1 is 0.875 bits per heavy atom. The molecule has 1 aromatic carbocycles. The summed E-state index contributed by atoms with van der Waals surface area (Å²) in [6.07, 6.45) is 2.37. The number of nitrogens with zero attached hydrogens (tertiary/aromatic N) is 1. The molecule has 0 N–H and O–H groups in total. The Kier molecular flexibility index (Phi) is 8.40. The van der Waals surface area contributed by atoms with Gasteiger partial charge in [0.2, 0.25) is 0 Å². The van der Waals surface area contributed by atoms with E-state index in [1.54, 1.807) is 0 Å². The minimum Gasteiger partial charge on any atom is -0.494 e. The lowest BCUT2D eigenvalue weighted by Gasteiger charge is -2.34. The van der Waals surface area contributed by atoms with E-state index in [9.17, 15) is 0 Å². The molecule has 4 nitrogen and oxygen atoms in total. The van der Waals surface area contributed by atoms with Gasteiger partial charge in [-0.05, 0) is 48.9 Å². The molecule has 0 aromatic heterocycles. The van der Waals surface area contributed by atoms with Crippen LogP contribution in [0, 0.1) is 11.8 Å². The lowest BCUT2D eigenvalue weighted by molar-refractivity contribution is 0.0595. The normalized spacial score (nSPS) is 21.6. The quantitative estimate of drug-likeness (QED) is 0.608. The van der Waals surface area contributed by atoms with Crippen LogP contribution < -0.4 is 9.47 Å². The van der Waals surface area contributed by atoms with Crippen molar-refractivity contribution in [1.29, 1.82) is 0 Å². The standard InChI is InChI=1S/C20H33NO3/c1-4-10-23-19-5-7-20(8-6-19)24-13-12-22-11-9-21-15-17(2)14-18(3)16-21/h5-8,17-18H,4,9-16H2,1-3H3. The first-order valence-corrected chi connectivity index (χ1v) is 9.33. The molecule has 1 fully saturated rings. The van der Waals surface area contributed by atoms with Gasteiger partial charge in [-0.3, -0.25) is 0 Å². The molecule has 136 valence electrons. The van der Waals surface area contributed by atoms with Gasteiger partial charge in [-0.15, -0.1) is 0 Å². The molecule has 1 saturated heterocycles. The van der Waals surface area contributed by atoms with Crippen molar-refractivity contribution in [2.24, 2.45) is 11.8 Å². The SMILES string of the molecule is CCCOc1ccc(OCCOCCN2CC(C)CC(C)C2)cc1. The summed E-state index contributed by atoms with van der Waals surface area (Å²) in [5.41, 5.74) is 0. The van der Waals surface area contributed by atoms with Gasteiger partial charge in [0.1, 0.15) is 18.1 Å². The fourth-order valence-electron chi connectivity index (χ4n) is 3.34. The Bertz CT molecular complexity index is 439. The number of benzene rings is 1. The van der Waals surface area contributed by atoms with Gasteiger partial charge in [-0.25, -0.2) is 0 Å². The molecular weight excluding hydrogens is 302 g/mol. The zero-order valence-corrected chi connectivity index (χ0v) is 15.5. The third-order valence-electron chi connectivity index (χ3n) is 4.29. The van der Waals surface area contributed by atoms with Crippen LogP contribution in [0.5, 0.6) is 11.5 Å². The van der Waals surface area contributed by atoms with Crippen LogP contribution in [-0.4, -0.2) is 51.0 Å². The van der Waals surface area contributed by atoms with Crippen molar-refractivity contribution in [3.8, 4) is 11.5 Å². The average Bonchev–Trinajstić information content (AvgIpc) is 2.56. The van der Waals surface area contributed by atoms with Gasteiger partial charge in [0.25, 0.3) is 0 Å². The lowest BCUT2D eigenvalue weighted by Crippen LogP contribution is -2.40. The van der Waals surface area contributed by atoms with Crippen molar-refractivity contribution in [1.82, 2.24) is 4.90 Å². The average molecular weight is 335 g/mol. The van der Waals surface area contributed by atoms with Crippen LogP contribution in [0.2, 0.25) is 0 Å². The first kappa shape index (κ1) is 19.1. The Balaban J connectivity index is 1.53. The fourth-order valence-corrected chi connectivity index (χ4v) is 3.34. The largest absolute Gasteiger partial charge is 0.494 e. The minimum absolute atomic E-state index is 0.585. The second kappa shape index (κ2) is 10.6. The summed E-state index contributed by atoms with van der Waals surface area (Å²) < 4.78 is 17.0. The minimum atomic E-state index is 0.585. The summed E-state index contributed by atoms with van der Waals surface area (Å²) in [6, 6.07) is 7.79. The molecule has 1 heterocycles. The highest BCUT2D eigenvalue weighted by atomic mass is 16.5. The van der Waals surface area contributed by atoms with Crippen molar-refractivity contribution >= 4 is 0 Å². The third kappa shape index (κ3) is 7.10. The van der Waals surface area contributed by atoms with E-state index in [-0.39, 0.29) is 0 Å². The van der Waals surface area contributed by atoms with Gasteiger partial charge < -0.3 is 19.1 Å². The van der Waals surface area contributed by atoms with Crippen molar-refractivity contribution in [2.75, 3.05) is 46.1 Å². The van der Waals surface area contributed by atoms with Gasteiger partial charge in [-0.2, -0.15) is 0 Å². The van der Waals surface area contributed by atoms with Crippen LogP contribution in [0.25, 0.3) is 0 Å². The van der Waals surface area contributed by atoms with Crippen molar-refractivity contribution < 1.29 is 14.2 Å². The monoisotopic (exact) mass is 335 g/mol.